The van der Waals surface area contributed by atoms with Gasteiger partial charge >= 0.3 is 6.09 Å². The summed E-state index contributed by atoms with van der Waals surface area (Å²) in [6.07, 6.45) is 3.12. The summed E-state index contributed by atoms with van der Waals surface area (Å²) in [5.74, 6) is 0.597. The van der Waals surface area contributed by atoms with E-state index in [0.29, 0.717) is 12.0 Å². The van der Waals surface area contributed by atoms with E-state index in [1.807, 2.05) is 6.07 Å². The fraction of sp³-hybridized carbons (Fsp3) is 0.562. The van der Waals surface area contributed by atoms with E-state index in [1.165, 1.54) is 5.56 Å². The van der Waals surface area contributed by atoms with Gasteiger partial charge in [-0.15, -0.1) is 0 Å². The molecule has 1 aromatic rings. The molecule has 1 fully saturated rings. The van der Waals surface area contributed by atoms with E-state index in [2.05, 4.69) is 48.6 Å². The predicted octanol–water partition coefficient (Wildman–Crippen LogP) is 3.12. The van der Waals surface area contributed by atoms with Gasteiger partial charge in [-0.3, -0.25) is 0 Å². The molecule has 0 aromatic heterocycles. The fourth-order valence-electron chi connectivity index (χ4n) is 3.40. The van der Waals surface area contributed by atoms with E-state index in [1.54, 1.807) is 0 Å². The Morgan fingerprint density at radius 3 is 2.30 bits per heavy atom. The first kappa shape index (κ1) is 14.9. The second-order valence-electron chi connectivity index (χ2n) is 5.88. The number of nitrogens with zero attached hydrogens (tertiary/aromatic N) is 1. The SMILES string of the molecule is CN(C)C(c1ccccc1)C1CCC(NC(=O)O)CC1. The second-order valence-corrected chi connectivity index (χ2v) is 5.88. The van der Waals surface area contributed by atoms with Gasteiger partial charge in [-0.2, -0.15) is 0 Å². The average Bonchev–Trinajstić information content (AvgIpc) is 2.41. The lowest BCUT2D eigenvalue weighted by Gasteiger charge is -2.37. The maximum absolute atomic E-state index is 10.7. The van der Waals surface area contributed by atoms with Gasteiger partial charge < -0.3 is 15.3 Å². The Morgan fingerprint density at radius 1 is 1.20 bits per heavy atom. The highest BCUT2D eigenvalue weighted by Crippen LogP contribution is 2.37. The third-order valence-corrected chi connectivity index (χ3v) is 4.24. The number of hydrogen-bond donors (Lipinski definition) is 2. The minimum atomic E-state index is -0.902. The molecule has 4 nitrogen and oxygen atoms in total. The van der Waals surface area contributed by atoms with E-state index >= 15 is 0 Å². The molecule has 1 aromatic carbocycles. The standard InChI is InChI=1S/C16H24N2O2/c1-18(2)15(12-6-4-3-5-7-12)13-8-10-14(11-9-13)17-16(19)20/h3-7,13-15,17H,8-11H2,1-2H3,(H,19,20). The lowest BCUT2D eigenvalue weighted by atomic mass is 9.79. The molecule has 4 heteroatoms. The number of benzene rings is 1. The molecule has 2 rings (SSSR count). The van der Waals surface area contributed by atoms with Crippen LogP contribution >= 0.6 is 0 Å². The van der Waals surface area contributed by atoms with Gasteiger partial charge in [0.05, 0.1) is 0 Å². The predicted molar refractivity (Wildman–Crippen MR) is 79.8 cm³/mol. The fourth-order valence-corrected chi connectivity index (χ4v) is 3.40. The van der Waals surface area contributed by atoms with Gasteiger partial charge in [0, 0.05) is 12.1 Å². The Balaban J connectivity index is 2.01. The highest BCUT2D eigenvalue weighted by Gasteiger charge is 2.30. The van der Waals surface area contributed by atoms with Crippen LogP contribution in [0.3, 0.4) is 0 Å². The summed E-state index contributed by atoms with van der Waals surface area (Å²) in [6.45, 7) is 0. The molecule has 0 bridgehead atoms. The van der Waals surface area contributed by atoms with Gasteiger partial charge in [0.1, 0.15) is 0 Å². The quantitative estimate of drug-likeness (QED) is 0.888. The van der Waals surface area contributed by atoms with Crippen LogP contribution in [-0.4, -0.2) is 36.2 Å². The summed E-state index contributed by atoms with van der Waals surface area (Å²) < 4.78 is 0. The van der Waals surface area contributed by atoms with Crippen molar-refractivity contribution >= 4 is 6.09 Å². The van der Waals surface area contributed by atoms with Crippen molar-refractivity contribution in [3.05, 3.63) is 35.9 Å². The highest BCUT2D eigenvalue weighted by molar-refractivity contribution is 5.64. The molecule has 110 valence electrons. The zero-order chi connectivity index (χ0) is 14.5. The molecule has 1 aliphatic rings. The van der Waals surface area contributed by atoms with Crippen LogP contribution in [0, 0.1) is 5.92 Å². The highest BCUT2D eigenvalue weighted by atomic mass is 16.4. The molecule has 1 amide bonds. The van der Waals surface area contributed by atoms with Crippen molar-refractivity contribution in [2.45, 2.75) is 37.8 Å². The van der Waals surface area contributed by atoms with Gasteiger partial charge in [0.25, 0.3) is 0 Å². The maximum atomic E-state index is 10.7. The Kier molecular flexibility index (Phi) is 5.01. The molecule has 2 N–H and O–H groups in total. The van der Waals surface area contributed by atoms with Gasteiger partial charge in [-0.25, -0.2) is 4.79 Å². The van der Waals surface area contributed by atoms with Crippen molar-refractivity contribution in [1.29, 1.82) is 0 Å². The minimum Gasteiger partial charge on any atom is -0.465 e. The van der Waals surface area contributed by atoms with Crippen LogP contribution in [0.1, 0.15) is 37.3 Å². The van der Waals surface area contributed by atoms with Crippen LogP contribution in [0.4, 0.5) is 4.79 Å². The molecule has 20 heavy (non-hydrogen) atoms. The van der Waals surface area contributed by atoms with Crippen molar-refractivity contribution in [2.24, 2.45) is 5.92 Å². The Hall–Kier alpha value is -1.55. The summed E-state index contributed by atoms with van der Waals surface area (Å²) in [5, 5.41) is 11.4. The first-order valence-corrected chi connectivity index (χ1v) is 7.28. The zero-order valence-corrected chi connectivity index (χ0v) is 12.2. The number of rotatable bonds is 4. The second kappa shape index (κ2) is 6.75. The maximum Gasteiger partial charge on any atom is 0.404 e. The molecule has 0 spiro atoms. The number of hydrogen-bond acceptors (Lipinski definition) is 2. The van der Waals surface area contributed by atoms with Crippen LogP contribution in [0.2, 0.25) is 0 Å². The van der Waals surface area contributed by atoms with Crippen LogP contribution in [-0.2, 0) is 0 Å². The van der Waals surface area contributed by atoms with Gasteiger partial charge in [0.15, 0.2) is 0 Å². The summed E-state index contributed by atoms with van der Waals surface area (Å²) in [4.78, 5) is 13.0. The first-order valence-electron chi connectivity index (χ1n) is 7.28. The third kappa shape index (κ3) is 3.73. The molecule has 1 saturated carbocycles. The normalized spacial score (nSPS) is 24.4. The number of nitrogens with one attached hydrogen (secondary N) is 1. The van der Waals surface area contributed by atoms with E-state index < -0.39 is 6.09 Å². The monoisotopic (exact) mass is 276 g/mol. The lowest BCUT2D eigenvalue weighted by molar-refractivity contribution is 0.149. The van der Waals surface area contributed by atoms with Gasteiger partial charge in [-0.05, 0) is 51.3 Å². The summed E-state index contributed by atoms with van der Waals surface area (Å²) in [7, 11) is 4.25. The Labute approximate surface area is 120 Å². The van der Waals surface area contributed by atoms with Crippen molar-refractivity contribution in [2.75, 3.05) is 14.1 Å². The number of amides is 1. The summed E-state index contributed by atoms with van der Waals surface area (Å²) in [6, 6.07) is 11.1. The molecule has 0 heterocycles. The van der Waals surface area contributed by atoms with E-state index in [0.717, 1.165) is 25.7 Å². The van der Waals surface area contributed by atoms with E-state index in [9.17, 15) is 4.79 Å². The van der Waals surface area contributed by atoms with Crippen molar-refractivity contribution < 1.29 is 9.90 Å². The number of carbonyl (C=O) groups is 1. The molecular formula is C16H24N2O2. The van der Waals surface area contributed by atoms with Crippen molar-refractivity contribution in [3.63, 3.8) is 0 Å². The van der Waals surface area contributed by atoms with Crippen molar-refractivity contribution in [1.82, 2.24) is 10.2 Å². The Morgan fingerprint density at radius 2 is 1.80 bits per heavy atom. The Bertz CT molecular complexity index is 425. The van der Waals surface area contributed by atoms with Crippen LogP contribution in [0.15, 0.2) is 30.3 Å². The topological polar surface area (TPSA) is 52.6 Å². The van der Waals surface area contributed by atoms with Crippen molar-refractivity contribution in [3.8, 4) is 0 Å². The molecule has 0 aliphatic heterocycles. The lowest BCUT2D eigenvalue weighted by Crippen LogP contribution is -2.39. The van der Waals surface area contributed by atoms with Crippen LogP contribution < -0.4 is 5.32 Å². The molecule has 1 atom stereocenters. The van der Waals surface area contributed by atoms with Gasteiger partial charge in [-0.1, -0.05) is 30.3 Å². The average molecular weight is 276 g/mol. The molecule has 1 aliphatic carbocycles. The minimum absolute atomic E-state index is 0.127. The van der Waals surface area contributed by atoms with E-state index in [4.69, 9.17) is 5.11 Å². The van der Waals surface area contributed by atoms with E-state index in [-0.39, 0.29) is 6.04 Å². The largest absolute Gasteiger partial charge is 0.465 e. The molecular weight excluding hydrogens is 252 g/mol. The molecule has 1 unspecified atom stereocenters. The van der Waals surface area contributed by atoms with Gasteiger partial charge in [0.2, 0.25) is 0 Å². The molecule has 0 radical (unpaired) electrons. The van der Waals surface area contributed by atoms with Crippen LogP contribution in [0.5, 0.6) is 0 Å². The smallest absolute Gasteiger partial charge is 0.404 e. The molecule has 0 saturated heterocycles. The zero-order valence-electron chi connectivity index (χ0n) is 12.2. The summed E-state index contributed by atoms with van der Waals surface area (Å²) in [5.41, 5.74) is 1.35. The van der Waals surface area contributed by atoms with Crippen LogP contribution in [0.25, 0.3) is 0 Å². The third-order valence-electron chi connectivity index (χ3n) is 4.24. The first-order chi connectivity index (χ1) is 9.58. The summed E-state index contributed by atoms with van der Waals surface area (Å²) >= 11 is 0. The number of carboxylic acid groups (broad SMARTS) is 1.